The summed E-state index contributed by atoms with van der Waals surface area (Å²) in [5.74, 6) is 0.584. The molecule has 0 radical (unpaired) electrons. The minimum atomic E-state index is -0.568. The van der Waals surface area contributed by atoms with Crippen LogP contribution in [-0.2, 0) is 11.3 Å². The van der Waals surface area contributed by atoms with E-state index in [1.54, 1.807) is 54.8 Å². The van der Waals surface area contributed by atoms with Gasteiger partial charge in [0, 0.05) is 11.3 Å². The van der Waals surface area contributed by atoms with Crippen molar-refractivity contribution < 1.29 is 23.5 Å². The summed E-state index contributed by atoms with van der Waals surface area (Å²) in [4.78, 5) is 24.7. The smallest absolute Gasteiger partial charge is 0.340 e. The lowest BCUT2D eigenvalue weighted by molar-refractivity contribution is 0.0475. The third-order valence-corrected chi connectivity index (χ3v) is 4.00. The molecule has 0 saturated heterocycles. The highest BCUT2D eigenvalue weighted by Gasteiger charge is 2.15. The molecule has 0 aliphatic rings. The number of Topliss-reactive ketones (excluding diaryl/α,β-unsaturated/α-hetero) is 1. The van der Waals surface area contributed by atoms with Crippen molar-refractivity contribution in [2.75, 3.05) is 18.5 Å². The van der Waals surface area contributed by atoms with E-state index in [1.165, 1.54) is 0 Å². The highest BCUT2D eigenvalue weighted by atomic mass is 16.5. The third kappa shape index (κ3) is 5.01. The average Bonchev–Trinajstić information content (AvgIpc) is 3.25. The summed E-state index contributed by atoms with van der Waals surface area (Å²) in [5.41, 5.74) is 1.42. The van der Waals surface area contributed by atoms with Gasteiger partial charge in [-0.05, 0) is 55.5 Å². The summed E-state index contributed by atoms with van der Waals surface area (Å²) in [5, 5.41) is 3.14. The fourth-order valence-corrected chi connectivity index (χ4v) is 2.61. The van der Waals surface area contributed by atoms with Crippen molar-refractivity contribution in [2.45, 2.75) is 13.5 Å². The topological polar surface area (TPSA) is 77.8 Å². The number of nitrogens with one attached hydrogen (secondary N) is 1. The van der Waals surface area contributed by atoms with Crippen molar-refractivity contribution in [3.8, 4) is 5.75 Å². The molecule has 6 heteroatoms. The van der Waals surface area contributed by atoms with E-state index in [-0.39, 0.29) is 12.4 Å². The van der Waals surface area contributed by atoms with E-state index in [1.807, 2.05) is 19.1 Å². The van der Waals surface area contributed by atoms with Crippen LogP contribution in [0.4, 0.5) is 5.69 Å². The number of carbonyl (C=O) groups excluding carboxylic acids is 2. The Kier molecular flexibility index (Phi) is 6.46. The van der Waals surface area contributed by atoms with Crippen LogP contribution in [0.3, 0.4) is 0 Å². The summed E-state index contributed by atoms with van der Waals surface area (Å²) in [6, 6.07) is 17.3. The fraction of sp³-hybridized carbons (Fsp3) is 0.182. The van der Waals surface area contributed by atoms with E-state index < -0.39 is 5.97 Å². The van der Waals surface area contributed by atoms with Gasteiger partial charge in [-0.3, -0.25) is 4.79 Å². The predicted octanol–water partition coefficient (Wildman–Crippen LogP) is 4.33. The summed E-state index contributed by atoms with van der Waals surface area (Å²) < 4.78 is 15.8. The normalized spacial score (nSPS) is 10.3. The number of benzene rings is 2. The molecule has 2 aromatic carbocycles. The van der Waals surface area contributed by atoms with Crippen molar-refractivity contribution in [2.24, 2.45) is 0 Å². The van der Waals surface area contributed by atoms with Crippen LogP contribution in [0.2, 0.25) is 0 Å². The summed E-state index contributed by atoms with van der Waals surface area (Å²) in [7, 11) is 0. The Labute approximate surface area is 163 Å². The molecule has 0 bridgehead atoms. The molecule has 1 aromatic heterocycles. The van der Waals surface area contributed by atoms with Crippen molar-refractivity contribution in [3.05, 3.63) is 83.8 Å². The van der Waals surface area contributed by atoms with Crippen LogP contribution in [0, 0.1) is 0 Å². The zero-order chi connectivity index (χ0) is 19.8. The molecule has 6 nitrogen and oxygen atoms in total. The SMILES string of the molecule is CCOc1ccc(C(=O)COC(=O)c2ccccc2NCc2ccco2)cc1. The number of esters is 1. The third-order valence-electron chi connectivity index (χ3n) is 4.00. The maximum absolute atomic E-state index is 12.4. The Morgan fingerprint density at radius 1 is 1.00 bits per heavy atom. The minimum absolute atomic E-state index is 0.280. The van der Waals surface area contributed by atoms with Crippen molar-refractivity contribution in [1.82, 2.24) is 0 Å². The van der Waals surface area contributed by atoms with Crippen LogP contribution in [-0.4, -0.2) is 25.0 Å². The molecule has 0 atom stereocenters. The zero-order valence-electron chi connectivity index (χ0n) is 15.5. The van der Waals surface area contributed by atoms with E-state index in [4.69, 9.17) is 13.9 Å². The van der Waals surface area contributed by atoms with Crippen molar-refractivity contribution in [3.63, 3.8) is 0 Å². The van der Waals surface area contributed by atoms with Crippen LogP contribution < -0.4 is 10.1 Å². The summed E-state index contributed by atoms with van der Waals surface area (Å²) in [6.45, 7) is 2.54. The van der Waals surface area contributed by atoms with E-state index in [0.717, 1.165) is 5.76 Å². The number of furan rings is 1. The number of rotatable bonds is 9. The van der Waals surface area contributed by atoms with Crippen LogP contribution >= 0.6 is 0 Å². The molecule has 1 N–H and O–H groups in total. The maximum Gasteiger partial charge on any atom is 0.340 e. The molecule has 0 aliphatic heterocycles. The number of para-hydroxylation sites is 1. The highest BCUT2D eigenvalue weighted by Crippen LogP contribution is 2.18. The fourth-order valence-electron chi connectivity index (χ4n) is 2.61. The molecule has 0 aliphatic carbocycles. The first-order valence-electron chi connectivity index (χ1n) is 8.96. The van der Waals surface area contributed by atoms with E-state index in [9.17, 15) is 9.59 Å². The second-order valence-corrected chi connectivity index (χ2v) is 5.94. The van der Waals surface area contributed by atoms with Gasteiger partial charge >= 0.3 is 5.97 Å². The summed E-state index contributed by atoms with van der Waals surface area (Å²) in [6.07, 6.45) is 1.59. The van der Waals surface area contributed by atoms with Crippen LogP contribution in [0.15, 0.2) is 71.3 Å². The molecule has 3 rings (SSSR count). The average molecular weight is 379 g/mol. The molecular formula is C22H21NO5. The Hall–Kier alpha value is -3.54. The molecule has 0 unspecified atom stereocenters. The zero-order valence-corrected chi connectivity index (χ0v) is 15.5. The lowest BCUT2D eigenvalue weighted by atomic mass is 10.1. The molecule has 0 spiro atoms. The van der Waals surface area contributed by atoms with E-state index >= 15 is 0 Å². The van der Waals surface area contributed by atoms with Crippen LogP contribution in [0.25, 0.3) is 0 Å². The Bertz CT molecular complexity index is 916. The van der Waals surface area contributed by atoms with Gasteiger partial charge in [0.25, 0.3) is 0 Å². The molecule has 28 heavy (non-hydrogen) atoms. The van der Waals surface area contributed by atoms with Gasteiger partial charge in [-0.1, -0.05) is 12.1 Å². The Balaban J connectivity index is 1.59. The van der Waals surface area contributed by atoms with Gasteiger partial charge in [0.15, 0.2) is 12.4 Å². The second kappa shape index (κ2) is 9.41. The lowest BCUT2D eigenvalue weighted by Gasteiger charge is -2.11. The first-order chi connectivity index (χ1) is 13.7. The number of hydrogen-bond acceptors (Lipinski definition) is 6. The molecular weight excluding hydrogens is 358 g/mol. The van der Waals surface area contributed by atoms with Crippen molar-refractivity contribution >= 4 is 17.4 Å². The predicted molar refractivity (Wildman–Crippen MR) is 105 cm³/mol. The number of anilines is 1. The van der Waals surface area contributed by atoms with Gasteiger partial charge in [-0.15, -0.1) is 0 Å². The standard InChI is InChI=1S/C22H21NO5/c1-2-26-17-11-9-16(10-12-17)21(24)15-28-22(25)19-7-3-4-8-20(19)23-14-18-6-5-13-27-18/h3-13,23H,2,14-15H2,1H3. The summed E-state index contributed by atoms with van der Waals surface area (Å²) >= 11 is 0. The largest absolute Gasteiger partial charge is 0.494 e. The van der Waals surface area contributed by atoms with Gasteiger partial charge in [0.2, 0.25) is 0 Å². The van der Waals surface area contributed by atoms with Gasteiger partial charge in [-0.2, -0.15) is 0 Å². The Morgan fingerprint density at radius 2 is 1.79 bits per heavy atom. The number of ketones is 1. The van der Waals surface area contributed by atoms with Crippen molar-refractivity contribution in [1.29, 1.82) is 0 Å². The molecule has 144 valence electrons. The molecule has 0 amide bonds. The molecule has 0 saturated carbocycles. The monoisotopic (exact) mass is 379 g/mol. The number of ether oxygens (including phenoxy) is 2. The second-order valence-electron chi connectivity index (χ2n) is 5.94. The lowest BCUT2D eigenvalue weighted by Crippen LogP contribution is -2.15. The number of hydrogen-bond donors (Lipinski definition) is 1. The van der Waals surface area contributed by atoms with Gasteiger partial charge in [0.1, 0.15) is 11.5 Å². The number of carbonyl (C=O) groups is 2. The van der Waals surface area contributed by atoms with Gasteiger partial charge < -0.3 is 19.2 Å². The van der Waals surface area contributed by atoms with E-state index in [0.29, 0.717) is 35.7 Å². The quantitative estimate of drug-likeness (QED) is 0.440. The maximum atomic E-state index is 12.4. The van der Waals surface area contributed by atoms with Crippen LogP contribution in [0.5, 0.6) is 5.75 Å². The first kappa shape index (κ1) is 19.2. The molecule has 1 heterocycles. The molecule has 0 fully saturated rings. The Morgan fingerprint density at radius 3 is 2.50 bits per heavy atom. The van der Waals surface area contributed by atoms with Gasteiger partial charge in [-0.25, -0.2) is 4.79 Å². The van der Waals surface area contributed by atoms with Crippen LogP contribution in [0.1, 0.15) is 33.4 Å². The first-order valence-corrected chi connectivity index (χ1v) is 8.96. The minimum Gasteiger partial charge on any atom is -0.494 e. The highest BCUT2D eigenvalue weighted by molar-refractivity contribution is 6.00. The molecule has 3 aromatic rings. The van der Waals surface area contributed by atoms with E-state index in [2.05, 4.69) is 5.32 Å². The van der Waals surface area contributed by atoms with Gasteiger partial charge in [0.05, 0.1) is 25.0 Å².